The van der Waals surface area contributed by atoms with Crippen LogP contribution in [0.3, 0.4) is 0 Å². The number of rotatable bonds is 7. The topological polar surface area (TPSA) is 131 Å². The number of nitrogen functional groups attached to an aromatic ring is 1. The Bertz CT molecular complexity index is 889. The first-order valence-electron chi connectivity index (χ1n) is 9.27. The molecular weight excluding hydrogens is 390 g/mol. The van der Waals surface area contributed by atoms with E-state index >= 15 is 0 Å². The third-order valence-corrected chi connectivity index (χ3v) is 5.03. The highest BCUT2D eigenvalue weighted by atomic mass is 32.1. The van der Waals surface area contributed by atoms with Crippen LogP contribution in [0.4, 0.5) is 5.69 Å². The number of amides is 3. The molecule has 0 radical (unpaired) electrons. The van der Waals surface area contributed by atoms with Crippen molar-refractivity contribution in [3.63, 3.8) is 0 Å². The zero-order valence-corrected chi connectivity index (χ0v) is 17.9. The van der Waals surface area contributed by atoms with E-state index in [1.165, 1.54) is 4.90 Å². The lowest BCUT2D eigenvalue weighted by atomic mass is 10.1. The molecule has 0 spiro atoms. The van der Waals surface area contributed by atoms with Crippen molar-refractivity contribution in [1.82, 2.24) is 14.6 Å². The number of nitrogens with zero attached hydrogens (tertiary/aromatic N) is 2. The van der Waals surface area contributed by atoms with E-state index in [-0.39, 0.29) is 28.7 Å². The zero-order valence-electron chi connectivity index (χ0n) is 17.1. The summed E-state index contributed by atoms with van der Waals surface area (Å²) < 4.78 is 3.91. The summed E-state index contributed by atoms with van der Waals surface area (Å²) in [5.41, 5.74) is 11.4. The minimum Gasteiger partial charge on any atom is -0.395 e. The molecule has 0 unspecified atom stereocenters. The van der Waals surface area contributed by atoms with Crippen molar-refractivity contribution in [2.24, 2.45) is 5.73 Å². The van der Waals surface area contributed by atoms with Crippen molar-refractivity contribution in [3.8, 4) is 0 Å². The van der Waals surface area contributed by atoms with Crippen LogP contribution in [0.25, 0.3) is 0 Å². The third kappa shape index (κ3) is 5.54. The first kappa shape index (κ1) is 22.4. The monoisotopic (exact) mass is 417 g/mol. The molecule has 1 aromatic carbocycles. The molecule has 9 heteroatoms. The lowest BCUT2D eigenvalue weighted by Crippen LogP contribution is -2.53. The lowest BCUT2D eigenvalue weighted by molar-refractivity contribution is -0.127. The average Bonchev–Trinajstić information content (AvgIpc) is 3.02. The Labute approximate surface area is 174 Å². The molecule has 2 rings (SSSR count). The van der Waals surface area contributed by atoms with Gasteiger partial charge in [-0.25, -0.2) is 0 Å². The lowest BCUT2D eigenvalue weighted by Gasteiger charge is -2.32. The summed E-state index contributed by atoms with van der Waals surface area (Å²) in [5.74, 6) is -1.53. The first-order valence-corrected chi connectivity index (χ1v) is 10.0. The predicted octanol–water partition coefficient (Wildman–Crippen LogP) is 2.16. The Morgan fingerprint density at radius 2 is 1.83 bits per heavy atom. The molecule has 1 aromatic heterocycles. The standard InChI is InChI=1S/C20H27N5O3S/c1-5-13(18(27)23-20(2,3)4)25(11-12-9-7-6-8-10-12)19(28)16-14(21)15(17(22)26)24-29-16/h6-10,13H,5,11,21H2,1-4H3,(H2,22,26)(H,23,27)/t13-/m1/s1. The summed E-state index contributed by atoms with van der Waals surface area (Å²) in [6.45, 7) is 7.67. The number of benzene rings is 1. The summed E-state index contributed by atoms with van der Waals surface area (Å²) >= 11 is 0.805. The summed E-state index contributed by atoms with van der Waals surface area (Å²) in [5, 5.41) is 2.93. The van der Waals surface area contributed by atoms with Crippen molar-refractivity contribution < 1.29 is 14.4 Å². The van der Waals surface area contributed by atoms with Gasteiger partial charge in [0.1, 0.15) is 10.9 Å². The molecule has 2 aromatic rings. The van der Waals surface area contributed by atoms with E-state index in [2.05, 4.69) is 9.69 Å². The summed E-state index contributed by atoms with van der Waals surface area (Å²) in [6, 6.07) is 8.62. The Hall–Kier alpha value is -2.94. The van der Waals surface area contributed by atoms with Gasteiger partial charge in [0.05, 0.1) is 5.69 Å². The maximum absolute atomic E-state index is 13.4. The molecule has 0 bridgehead atoms. The minimum atomic E-state index is -0.801. The second kappa shape index (κ2) is 9.04. The fraction of sp³-hybridized carbons (Fsp3) is 0.400. The van der Waals surface area contributed by atoms with E-state index < -0.39 is 23.4 Å². The van der Waals surface area contributed by atoms with E-state index in [1.54, 1.807) is 0 Å². The fourth-order valence-electron chi connectivity index (χ4n) is 2.86. The van der Waals surface area contributed by atoms with Gasteiger partial charge >= 0.3 is 0 Å². The minimum absolute atomic E-state index is 0.0587. The average molecular weight is 418 g/mol. The van der Waals surface area contributed by atoms with E-state index in [4.69, 9.17) is 11.5 Å². The van der Waals surface area contributed by atoms with E-state index in [9.17, 15) is 14.4 Å². The van der Waals surface area contributed by atoms with Gasteiger partial charge in [-0.15, -0.1) is 0 Å². The number of aromatic nitrogens is 1. The maximum atomic E-state index is 13.4. The molecule has 5 N–H and O–H groups in total. The van der Waals surface area contributed by atoms with Crippen molar-refractivity contribution in [3.05, 3.63) is 46.5 Å². The Balaban J connectivity index is 2.44. The molecule has 156 valence electrons. The van der Waals surface area contributed by atoms with E-state index in [0.29, 0.717) is 6.42 Å². The van der Waals surface area contributed by atoms with Gasteiger partial charge in [-0.05, 0) is 44.3 Å². The van der Waals surface area contributed by atoms with Gasteiger partial charge in [-0.1, -0.05) is 37.3 Å². The number of carbonyl (C=O) groups excluding carboxylic acids is 3. The predicted molar refractivity (Wildman–Crippen MR) is 113 cm³/mol. The highest BCUT2D eigenvalue weighted by Crippen LogP contribution is 2.26. The molecule has 1 heterocycles. The second-order valence-electron chi connectivity index (χ2n) is 7.72. The van der Waals surface area contributed by atoms with Gasteiger partial charge in [0.25, 0.3) is 11.8 Å². The van der Waals surface area contributed by atoms with Crippen LogP contribution in [0.2, 0.25) is 0 Å². The van der Waals surface area contributed by atoms with Crippen LogP contribution in [-0.2, 0) is 11.3 Å². The number of nitrogens with one attached hydrogen (secondary N) is 1. The molecule has 29 heavy (non-hydrogen) atoms. The zero-order chi connectivity index (χ0) is 21.8. The van der Waals surface area contributed by atoms with Gasteiger partial charge in [-0.3, -0.25) is 14.4 Å². The molecule has 8 nitrogen and oxygen atoms in total. The molecule has 0 fully saturated rings. The number of hydrogen-bond donors (Lipinski definition) is 3. The molecular formula is C20H27N5O3S. The molecule has 0 saturated carbocycles. The largest absolute Gasteiger partial charge is 0.395 e. The highest BCUT2D eigenvalue weighted by Gasteiger charge is 2.33. The van der Waals surface area contributed by atoms with Crippen molar-refractivity contribution >= 4 is 34.9 Å². The molecule has 0 aliphatic heterocycles. The maximum Gasteiger partial charge on any atom is 0.270 e. The first-order chi connectivity index (χ1) is 13.5. The Morgan fingerprint density at radius 1 is 1.21 bits per heavy atom. The summed E-state index contributed by atoms with van der Waals surface area (Å²) in [7, 11) is 0. The van der Waals surface area contributed by atoms with Gasteiger partial charge in [0.15, 0.2) is 5.69 Å². The highest BCUT2D eigenvalue weighted by molar-refractivity contribution is 7.09. The molecule has 3 amide bonds. The van der Waals surface area contributed by atoms with Crippen LogP contribution in [0.5, 0.6) is 0 Å². The van der Waals surface area contributed by atoms with E-state index in [0.717, 1.165) is 17.1 Å². The normalized spacial score (nSPS) is 12.3. The molecule has 1 atom stereocenters. The number of carbonyl (C=O) groups is 3. The van der Waals surface area contributed by atoms with Gasteiger partial charge in [-0.2, -0.15) is 4.37 Å². The summed E-state index contributed by atoms with van der Waals surface area (Å²) in [4.78, 5) is 39.3. The number of anilines is 1. The Kier molecular flexibility index (Phi) is 6.97. The SMILES string of the molecule is CC[C@H](C(=O)NC(C)(C)C)N(Cc1ccccc1)C(=O)c1snc(C(N)=O)c1N. The smallest absolute Gasteiger partial charge is 0.270 e. The fourth-order valence-corrected chi connectivity index (χ4v) is 3.62. The van der Waals surface area contributed by atoms with Crippen LogP contribution >= 0.6 is 11.5 Å². The number of hydrogen-bond acceptors (Lipinski definition) is 6. The van der Waals surface area contributed by atoms with E-state index in [1.807, 2.05) is 58.0 Å². The van der Waals surface area contributed by atoms with Crippen LogP contribution < -0.4 is 16.8 Å². The van der Waals surface area contributed by atoms with Crippen molar-refractivity contribution in [2.45, 2.75) is 52.2 Å². The second-order valence-corrected chi connectivity index (χ2v) is 8.49. The van der Waals surface area contributed by atoms with Crippen LogP contribution in [-0.4, -0.2) is 38.6 Å². The Morgan fingerprint density at radius 3 is 2.31 bits per heavy atom. The molecule has 0 aliphatic rings. The van der Waals surface area contributed by atoms with Crippen molar-refractivity contribution in [2.75, 3.05) is 5.73 Å². The summed E-state index contributed by atoms with van der Waals surface area (Å²) in [6.07, 6.45) is 0.405. The molecule has 0 saturated heterocycles. The quantitative estimate of drug-likeness (QED) is 0.635. The van der Waals surface area contributed by atoms with Gasteiger partial charge in [0, 0.05) is 12.1 Å². The van der Waals surface area contributed by atoms with Crippen LogP contribution in [0.1, 0.15) is 59.8 Å². The third-order valence-electron chi connectivity index (χ3n) is 4.18. The van der Waals surface area contributed by atoms with Gasteiger partial charge < -0.3 is 21.7 Å². The number of nitrogens with two attached hydrogens (primary N) is 2. The number of primary amides is 1. The van der Waals surface area contributed by atoms with Gasteiger partial charge in [0.2, 0.25) is 5.91 Å². The molecule has 0 aliphatic carbocycles. The van der Waals surface area contributed by atoms with Crippen LogP contribution in [0.15, 0.2) is 30.3 Å². The van der Waals surface area contributed by atoms with Crippen molar-refractivity contribution in [1.29, 1.82) is 0 Å². The van der Waals surface area contributed by atoms with Crippen LogP contribution in [0, 0.1) is 0 Å².